The molecule has 0 unspecified atom stereocenters. The molecule has 3 rings (SSSR count). The van der Waals surface area contributed by atoms with Crippen LogP contribution in [0, 0.1) is 0 Å². The van der Waals surface area contributed by atoms with E-state index in [4.69, 9.17) is 16.3 Å². The summed E-state index contributed by atoms with van der Waals surface area (Å²) in [6, 6.07) is 12.7. The van der Waals surface area contributed by atoms with Crippen LogP contribution in [0.1, 0.15) is 17.2 Å². The van der Waals surface area contributed by atoms with Crippen molar-refractivity contribution in [3.8, 4) is 5.75 Å². The molecule has 0 radical (unpaired) electrons. The van der Waals surface area contributed by atoms with Gasteiger partial charge in [-0.15, -0.1) is 6.58 Å². The molecule has 1 fully saturated rings. The number of nitrogens with zero attached hydrogens (tertiary/aromatic N) is 1. The second kappa shape index (κ2) is 7.68. The number of hydrogen-bond acceptors (Lipinski definition) is 4. The van der Waals surface area contributed by atoms with Gasteiger partial charge in [0.05, 0.1) is 18.7 Å². The predicted molar refractivity (Wildman–Crippen MR) is 104 cm³/mol. The lowest BCUT2D eigenvalue weighted by atomic mass is 9.95. The molecule has 2 aromatic rings. The van der Waals surface area contributed by atoms with E-state index in [1.165, 1.54) is 4.90 Å². The summed E-state index contributed by atoms with van der Waals surface area (Å²) in [6.45, 7) is 3.84. The van der Waals surface area contributed by atoms with Crippen molar-refractivity contribution in [1.29, 1.82) is 0 Å². The average molecular weight is 384 g/mol. The summed E-state index contributed by atoms with van der Waals surface area (Å²) in [6.07, 6.45) is 1.55. The second-order valence-electron chi connectivity index (χ2n) is 6.02. The van der Waals surface area contributed by atoms with Gasteiger partial charge < -0.3 is 14.7 Å². The van der Waals surface area contributed by atoms with Gasteiger partial charge in [0.1, 0.15) is 11.5 Å². The van der Waals surface area contributed by atoms with E-state index in [0.717, 1.165) is 0 Å². The highest BCUT2D eigenvalue weighted by Gasteiger charge is 2.45. The summed E-state index contributed by atoms with van der Waals surface area (Å²) in [7, 11) is 1.55. The highest BCUT2D eigenvalue weighted by molar-refractivity contribution is 6.46. The fourth-order valence-electron chi connectivity index (χ4n) is 3.10. The second-order valence-corrected chi connectivity index (χ2v) is 6.46. The molecular formula is C21H18ClNO4. The Hall–Kier alpha value is -3.05. The number of rotatable bonds is 5. The van der Waals surface area contributed by atoms with Crippen LogP contribution < -0.4 is 4.74 Å². The Morgan fingerprint density at radius 3 is 2.37 bits per heavy atom. The third-order valence-corrected chi connectivity index (χ3v) is 4.67. The molecule has 1 atom stereocenters. The van der Waals surface area contributed by atoms with E-state index >= 15 is 0 Å². The Morgan fingerprint density at radius 2 is 1.81 bits per heavy atom. The minimum absolute atomic E-state index is 0.0364. The van der Waals surface area contributed by atoms with E-state index in [2.05, 4.69) is 6.58 Å². The van der Waals surface area contributed by atoms with Crippen LogP contribution in [0.15, 0.2) is 66.8 Å². The van der Waals surface area contributed by atoms with Crippen molar-refractivity contribution in [3.63, 3.8) is 0 Å². The molecule has 0 bridgehead atoms. The third-order valence-electron chi connectivity index (χ3n) is 4.41. The largest absolute Gasteiger partial charge is 0.507 e. The van der Waals surface area contributed by atoms with E-state index in [-0.39, 0.29) is 17.9 Å². The van der Waals surface area contributed by atoms with Crippen molar-refractivity contribution in [2.75, 3.05) is 13.7 Å². The standard InChI is InChI=1S/C21H18ClNO4/c1-3-12-23-18(13-6-10-16(27-2)11-7-13)17(20(25)21(23)26)19(24)14-4-8-15(22)9-5-14/h3-11,18,24H,1,12H2,2H3/t18-/m0/s1. The zero-order valence-electron chi connectivity index (χ0n) is 14.7. The number of carbonyl (C=O) groups excluding carboxylic acids is 2. The lowest BCUT2D eigenvalue weighted by Gasteiger charge is -2.24. The van der Waals surface area contributed by atoms with Crippen LogP contribution in [0.2, 0.25) is 5.02 Å². The number of Topliss-reactive ketones (excluding diaryl/α,β-unsaturated/α-hetero) is 1. The predicted octanol–water partition coefficient (Wildman–Crippen LogP) is 3.96. The van der Waals surface area contributed by atoms with Gasteiger partial charge in [-0.2, -0.15) is 0 Å². The van der Waals surface area contributed by atoms with Crippen LogP contribution in [0.25, 0.3) is 5.76 Å². The first-order chi connectivity index (χ1) is 13.0. The average Bonchev–Trinajstić information content (AvgIpc) is 2.93. The van der Waals surface area contributed by atoms with Gasteiger partial charge in [-0.1, -0.05) is 29.8 Å². The van der Waals surface area contributed by atoms with Crippen LogP contribution in [0.5, 0.6) is 5.75 Å². The quantitative estimate of drug-likeness (QED) is 0.367. The van der Waals surface area contributed by atoms with Crippen molar-refractivity contribution >= 4 is 29.1 Å². The highest BCUT2D eigenvalue weighted by Crippen LogP contribution is 2.39. The summed E-state index contributed by atoms with van der Waals surface area (Å²) < 4.78 is 5.17. The maximum atomic E-state index is 12.7. The number of methoxy groups -OCH3 is 1. The van der Waals surface area contributed by atoms with E-state index in [1.807, 2.05) is 0 Å². The number of likely N-dealkylation sites (tertiary alicyclic amines) is 1. The summed E-state index contributed by atoms with van der Waals surface area (Å²) in [5.41, 5.74) is 1.14. The molecule has 5 nitrogen and oxygen atoms in total. The number of ketones is 1. The molecule has 2 aromatic carbocycles. The third kappa shape index (κ3) is 3.46. The SMILES string of the molecule is C=CCN1C(=O)C(=O)C(=C(O)c2ccc(Cl)cc2)[C@@H]1c1ccc(OC)cc1. The minimum Gasteiger partial charge on any atom is -0.507 e. The molecule has 0 aromatic heterocycles. The van der Waals surface area contributed by atoms with E-state index in [1.54, 1.807) is 61.7 Å². The topological polar surface area (TPSA) is 66.8 Å². The van der Waals surface area contributed by atoms with Gasteiger partial charge in [0.25, 0.3) is 11.7 Å². The molecule has 6 heteroatoms. The van der Waals surface area contributed by atoms with Gasteiger partial charge in [0, 0.05) is 17.1 Å². The molecule has 1 saturated heterocycles. The van der Waals surface area contributed by atoms with Gasteiger partial charge in [0.2, 0.25) is 0 Å². The number of amides is 1. The van der Waals surface area contributed by atoms with E-state index in [9.17, 15) is 14.7 Å². The lowest BCUT2D eigenvalue weighted by molar-refractivity contribution is -0.139. The molecule has 1 aliphatic rings. The Labute approximate surface area is 162 Å². The fraction of sp³-hybridized carbons (Fsp3) is 0.143. The summed E-state index contributed by atoms with van der Waals surface area (Å²) in [5.74, 6) is -0.995. The van der Waals surface area contributed by atoms with Gasteiger partial charge in [-0.3, -0.25) is 9.59 Å². The van der Waals surface area contributed by atoms with Crippen molar-refractivity contribution in [1.82, 2.24) is 4.90 Å². The first-order valence-electron chi connectivity index (χ1n) is 8.27. The van der Waals surface area contributed by atoms with Gasteiger partial charge in [-0.25, -0.2) is 0 Å². The summed E-state index contributed by atoms with van der Waals surface area (Å²) in [5, 5.41) is 11.3. The number of aliphatic hydroxyl groups excluding tert-OH is 1. The maximum absolute atomic E-state index is 12.7. The number of benzene rings is 2. The molecule has 27 heavy (non-hydrogen) atoms. The normalized spacial score (nSPS) is 18.6. The molecule has 0 aliphatic carbocycles. The molecule has 1 heterocycles. The number of hydrogen-bond donors (Lipinski definition) is 1. The zero-order valence-corrected chi connectivity index (χ0v) is 15.4. The molecular weight excluding hydrogens is 366 g/mol. The molecule has 0 saturated carbocycles. The van der Waals surface area contributed by atoms with Crippen LogP contribution in [0.4, 0.5) is 0 Å². The first kappa shape index (κ1) is 18.7. The van der Waals surface area contributed by atoms with Gasteiger partial charge >= 0.3 is 0 Å². The minimum atomic E-state index is -0.731. The monoisotopic (exact) mass is 383 g/mol. The highest BCUT2D eigenvalue weighted by atomic mass is 35.5. The lowest BCUT2D eigenvalue weighted by Crippen LogP contribution is -2.29. The molecule has 1 N–H and O–H groups in total. The van der Waals surface area contributed by atoms with E-state index < -0.39 is 17.7 Å². The van der Waals surface area contributed by atoms with Crippen molar-refractivity contribution in [2.24, 2.45) is 0 Å². The van der Waals surface area contributed by atoms with Gasteiger partial charge in [0.15, 0.2) is 0 Å². The van der Waals surface area contributed by atoms with Crippen LogP contribution in [-0.2, 0) is 9.59 Å². The van der Waals surface area contributed by atoms with Crippen molar-refractivity contribution in [3.05, 3.63) is 82.9 Å². The smallest absolute Gasteiger partial charge is 0.295 e. The molecule has 138 valence electrons. The number of aliphatic hydroxyl groups is 1. The fourth-order valence-corrected chi connectivity index (χ4v) is 3.23. The van der Waals surface area contributed by atoms with Crippen LogP contribution in [0.3, 0.4) is 0 Å². The maximum Gasteiger partial charge on any atom is 0.295 e. The Kier molecular flexibility index (Phi) is 5.33. The molecule has 1 aliphatic heterocycles. The van der Waals surface area contributed by atoms with Gasteiger partial charge in [-0.05, 0) is 42.0 Å². The number of carbonyl (C=O) groups is 2. The van der Waals surface area contributed by atoms with Crippen molar-refractivity contribution < 1.29 is 19.4 Å². The van der Waals surface area contributed by atoms with E-state index in [0.29, 0.717) is 21.9 Å². The summed E-state index contributed by atoms with van der Waals surface area (Å²) in [4.78, 5) is 26.6. The molecule has 0 spiro atoms. The number of ether oxygens (including phenoxy) is 1. The van der Waals surface area contributed by atoms with Crippen LogP contribution >= 0.6 is 11.6 Å². The number of halogens is 1. The summed E-state index contributed by atoms with van der Waals surface area (Å²) >= 11 is 5.90. The molecule has 1 amide bonds. The zero-order chi connectivity index (χ0) is 19.6. The Bertz CT molecular complexity index is 916. The first-order valence-corrected chi connectivity index (χ1v) is 8.65. The van der Waals surface area contributed by atoms with Crippen molar-refractivity contribution in [2.45, 2.75) is 6.04 Å². The van der Waals surface area contributed by atoms with Crippen LogP contribution in [-0.4, -0.2) is 35.4 Å². The Morgan fingerprint density at radius 1 is 1.19 bits per heavy atom. The Balaban J connectivity index is 2.16.